The van der Waals surface area contributed by atoms with Crippen molar-refractivity contribution in [1.29, 1.82) is 0 Å². The molecule has 5 aromatic carbocycles. The maximum absolute atomic E-state index is 13.5. The molecule has 0 fully saturated rings. The molecule has 0 unspecified atom stereocenters. The average molecular weight is 830 g/mol. The Balaban J connectivity index is 0.000000183. The number of nitrogens with one attached hydrogen (secondary N) is 1. The number of carbonyl (C=O) groups excluding carboxylic acids is 1. The second-order valence-electron chi connectivity index (χ2n) is 14.2. The van der Waals surface area contributed by atoms with Crippen LogP contribution in [0.25, 0.3) is 44.2 Å². The van der Waals surface area contributed by atoms with Crippen molar-refractivity contribution in [1.82, 2.24) is 5.32 Å². The van der Waals surface area contributed by atoms with Crippen LogP contribution in [0.15, 0.2) is 106 Å². The Kier molecular flexibility index (Phi) is 11.4. The number of fused-ring (bicyclic) bond motifs is 3. The quantitative estimate of drug-likeness (QED) is 0.166. The van der Waals surface area contributed by atoms with Crippen LogP contribution in [0.2, 0.25) is 20.1 Å². The minimum atomic E-state index is -1.07. The number of aromatic carboxylic acids is 1. The molecule has 0 radical (unpaired) electrons. The molecule has 7 nitrogen and oxygen atoms in total. The fraction of sp³-hybridized carbons (Fsp3) is 0.200. The first-order chi connectivity index (χ1) is 26.8. The van der Waals surface area contributed by atoms with Crippen LogP contribution >= 0.6 is 46.4 Å². The highest BCUT2D eigenvalue weighted by molar-refractivity contribution is 6.35. The van der Waals surface area contributed by atoms with Crippen molar-refractivity contribution in [2.24, 2.45) is 0 Å². The number of carboxylic acid groups (broad SMARTS) is 1. The maximum atomic E-state index is 13.5. The summed E-state index contributed by atoms with van der Waals surface area (Å²) in [5.74, 6) is -0.0534. The molecule has 2 N–H and O–H groups in total. The van der Waals surface area contributed by atoms with Gasteiger partial charge >= 0.3 is 5.97 Å². The standard InChI is InChI=1S/C27H23Cl2NO3.C18H14Cl2O3/c1-15(2)24-21-8-5-7-19(16-12-17(28)14-18(29)13-16)25(21)33-26(24)27(31)30-22-10-11-32-23-9-4-3-6-20(22)23;1-9(2)15-14-5-3-4-13(16(14)23-17(15)18(21)22)10-6-11(19)8-12(20)7-10/h3-9,12-15,22H,10-11H2,1-2H3,(H,30,31);3-9H,1-2H3,(H,21,22)/t22-;/m0./s1. The van der Waals surface area contributed by atoms with Crippen molar-refractivity contribution in [3.63, 3.8) is 0 Å². The molecule has 2 aromatic heterocycles. The van der Waals surface area contributed by atoms with Crippen molar-refractivity contribution >= 4 is 80.2 Å². The summed E-state index contributed by atoms with van der Waals surface area (Å²) in [7, 11) is 0. The van der Waals surface area contributed by atoms with E-state index >= 15 is 0 Å². The predicted molar refractivity (Wildman–Crippen MR) is 225 cm³/mol. The number of carbonyl (C=O) groups is 2. The molecule has 286 valence electrons. The Labute approximate surface area is 344 Å². The molecule has 8 rings (SSSR count). The Morgan fingerprint density at radius 2 is 1.14 bits per heavy atom. The minimum Gasteiger partial charge on any atom is -0.493 e. The third kappa shape index (κ3) is 7.87. The van der Waals surface area contributed by atoms with Gasteiger partial charge in [-0.1, -0.05) is 129 Å². The van der Waals surface area contributed by atoms with Gasteiger partial charge in [0, 0.05) is 65.1 Å². The molecule has 1 aliphatic heterocycles. The third-order valence-corrected chi connectivity index (χ3v) is 10.5. The van der Waals surface area contributed by atoms with Crippen molar-refractivity contribution in [2.75, 3.05) is 6.61 Å². The van der Waals surface area contributed by atoms with Crippen LogP contribution in [0, 0.1) is 0 Å². The van der Waals surface area contributed by atoms with Gasteiger partial charge in [0.2, 0.25) is 5.76 Å². The smallest absolute Gasteiger partial charge is 0.372 e. The van der Waals surface area contributed by atoms with E-state index in [0.29, 0.717) is 55.6 Å². The van der Waals surface area contributed by atoms with E-state index in [1.54, 1.807) is 24.3 Å². The lowest BCUT2D eigenvalue weighted by Gasteiger charge is -2.26. The highest BCUT2D eigenvalue weighted by Crippen LogP contribution is 2.41. The van der Waals surface area contributed by atoms with E-state index in [-0.39, 0.29) is 29.5 Å². The molecular formula is C45H37Cl4NO6. The largest absolute Gasteiger partial charge is 0.493 e. The van der Waals surface area contributed by atoms with Gasteiger partial charge in [-0.05, 0) is 65.4 Å². The van der Waals surface area contributed by atoms with Crippen LogP contribution in [0.3, 0.4) is 0 Å². The number of halogens is 4. The normalized spacial score (nSPS) is 13.7. The molecule has 0 spiro atoms. The molecule has 3 heterocycles. The molecule has 0 saturated heterocycles. The highest BCUT2D eigenvalue weighted by Gasteiger charge is 2.29. The number of benzene rings is 5. The predicted octanol–water partition coefficient (Wildman–Crippen LogP) is 14.0. The fourth-order valence-electron chi connectivity index (χ4n) is 7.34. The van der Waals surface area contributed by atoms with Crippen LogP contribution in [-0.2, 0) is 0 Å². The average Bonchev–Trinajstić information content (AvgIpc) is 3.75. The molecule has 7 aromatic rings. The molecule has 56 heavy (non-hydrogen) atoms. The molecule has 0 aliphatic carbocycles. The van der Waals surface area contributed by atoms with E-state index in [0.717, 1.165) is 49.9 Å². The van der Waals surface area contributed by atoms with E-state index in [1.165, 1.54) is 0 Å². The molecule has 1 aliphatic rings. The Bertz CT molecular complexity index is 2580. The van der Waals surface area contributed by atoms with Crippen LogP contribution in [0.4, 0.5) is 0 Å². The molecule has 1 atom stereocenters. The zero-order valence-corrected chi connectivity index (χ0v) is 33.9. The SMILES string of the molecule is CC(C)c1c(C(=O)N[C@H]2CCOc3ccccc32)oc2c(-c3cc(Cl)cc(Cl)c3)cccc12.CC(C)c1c(C(=O)O)oc2c(-c3cc(Cl)cc(Cl)c3)cccc12. The summed E-state index contributed by atoms with van der Waals surface area (Å²) in [5.41, 5.74) is 6.98. The number of rotatable bonds is 7. The van der Waals surface area contributed by atoms with Gasteiger partial charge in [-0.15, -0.1) is 0 Å². The topological polar surface area (TPSA) is 102 Å². The number of ether oxygens (including phenoxy) is 1. The number of furan rings is 2. The fourth-order valence-corrected chi connectivity index (χ4v) is 8.39. The summed E-state index contributed by atoms with van der Waals surface area (Å²) in [6.45, 7) is 8.57. The van der Waals surface area contributed by atoms with Crippen LogP contribution in [0.5, 0.6) is 5.75 Å². The van der Waals surface area contributed by atoms with E-state index in [9.17, 15) is 14.7 Å². The van der Waals surface area contributed by atoms with Crippen molar-refractivity contribution in [2.45, 2.75) is 52.0 Å². The van der Waals surface area contributed by atoms with E-state index in [1.807, 2.05) is 86.6 Å². The summed E-state index contributed by atoms with van der Waals surface area (Å²) >= 11 is 24.7. The van der Waals surface area contributed by atoms with Gasteiger partial charge in [0.15, 0.2) is 5.76 Å². The third-order valence-electron chi connectivity index (χ3n) is 9.67. The first-order valence-corrected chi connectivity index (χ1v) is 19.6. The Morgan fingerprint density at radius 1 is 0.661 bits per heavy atom. The van der Waals surface area contributed by atoms with Gasteiger partial charge in [0.05, 0.1) is 12.6 Å². The Morgan fingerprint density at radius 3 is 1.64 bits per heavy atom. The highest BCUT2D eigenvalue weighted by atomic mass is 35.5. The van der Waals surface area contributed by atoms with Gasteiger partial charge in [0.25, 0.3) is 5.91 Å². The van der Waals surface area contributed by atoms with Gasteiger partial charge < -0.3 is 24.0 Å². The van der Waals surface area contributed by atoms with Gasteiger partial charge in [0.1, 0.15) is 16.9 Å². The van der Waals surface area contributed by atoms with Crippen molar-refractivity contribution in [3.05, 3.63) is 145 Å². The molecule has 0 bridgehead atoms. The number of carboxylic acids is 1. The van der Waals surface area contributed by atoms with E-state index < -0.39 is 5.97 Å². The second-order valence-corrected chi connectivity index (χ2v) is 15.9. The first-order valence-electron chi connectivity index (χ1n) is 18.1. The maximum Gasteiger partial charge on any atom is 0.372 e. The van der Waals surface area contributed by atoms with Gasteiger partial charge in [-0.3, -0.25) is 4.79 Å². The zero-order valence-electron chi connectivity index (χ0n) is 30.9. The number of hydrogen-bond donors (Lipinski definition) is 2. The zero-order chi connectivity index (χ0) is 39.8. The summed E-state index contributed by atoms with van der Waals surface area (Å²) in [5, 5.41) is 16.4. The summed E-state index contributed by atoms with van der Waals surface area (Å²) < 4.78 is 17.7. The van der Waals surface area contributed by atoms with E-state index in [4.69, 9.17) is 60.0 Å². The lowest BCUT2D eigenvalue weighted by molar-refractivity contribution is 0.0662. The first kappa shape index (κ1) is 39.3. The van der Waals surface area contributed by atoms with E-state index in [2.05, 4.69) is 19.2 Å². The second kappa shape index (κ2) is 16.3. The molecular weight excluding hydrogens is 792 g/mol. The van der Waals surface area contributed by atoms with Crippen LogP contribution in [0.1, 0.15) is 89.8 Å². The van der Waals surface area contributed by atoms with Gasteiger partial charge in [-0.25, -0.2) is 4.79 Å². The van der Waals surface area contributed by atoms with Crippen molar-refractivity contribution < 1.29 is 28.3 Å². The lowest BCUT2D eigenvalue weighted by Crippen LogP contribution is -2.32. The Hall–Kier alpha value is -4.92. The number of para-hydroxylation sites is 3. The monoisotopic (exact) mass is 827 g/mol. The summed E-state index contributed by atoms with van der Waals surface area (Å²) in [4.78, 5) is 25.0. The number of hydrogen-bond acceptors (Lipinski definition) is 5. The molecule has 0 saturated carbocycles. The lowest BCUT2D eigenvalue weighted by atomic mass is 9.95. The molecule has 11 heteroatoms. The number of amides is 1. The molecule has 1 amide bonds. The van der Waals surface area contributed by atoms with Crippen LogP contribution in [-0.4, -0.2) is 23.6 Å². The van der Waals surface area contributed by atoms with Crippen LogP contribution < -0.4 is 10.1 Å². The summed E-state index contributed by atoms with van der Waals surface area (Å²) in [6.07, 6.45) is 0.701. The van der Waals surface area contributed by atoms with Gasteiger partial charge in [-0.2, -0.15) is 0 Å². The summed E-state index contributed by atoms with van der Waals surface area (Å²) in [6, 6.07) is 29.8. The minimum absolute atomic E-state index is 0.0180. The van der Waals surface area contributed by atoms with Crippen molar-refractivity contribution in [3.8, 4) is 28.0 Å².